The fourth-order valence-electron chi connectivity index (χ4n) is 2.81. The predicted molar refractivity (Wildman–Crippen MR) is 57.8 cm³/mol. The van der Waals surface area contributed by atoms with Crippen molar-refractivity contribution in [3.63, 3.8) is 0 Å². The minimum atomic E-state index is -5.59. The molecule has 0 spiro atoms. The highest BCUT2D eigenvalue weighted by atomic mass is 19.4. The minimum absolute atomic E-state index is 0.132. The van der Waals surface area contributed by atoms with E-state index in [1.165, 1.54) is 0 Å². The molecule has 0 saturated heterocycles. The molecule has 1 N–H and O–H groups in total. The van der Waals surface area contributed by atoms with E-state index in [9.17, 15) is 22.0 Å². The minimum Gasteiger partial charge on any atom is -0.349 e. The molecule has 116 valence electrons. The first-order chi connectivity index (χ1) is 9.24. The molecule has 0 radical (unpaired) electrons. The van der Waals surface area contributed by atoms with Crippen LogP contribution in [0.2, 0.25) is 0 Å². The summed E-state index contributed by atoms with van der Waals surface area (Å²) in [6.07, 6.45) is -1.02. The first-order valence-corrected chi connectivity index (χ1v) is 6.22. The van der Waals surface area contributed by atoms with Crippen LogP contribution >= 0.6 is 0 Å². The summed E-state index contributed by atoms with van der Waals surface area (Å²) in [5.41, 5.74) is 0. The van der Waals surface area contributed by atoms with Crippen molar-refractivity contribution in [3.8, 4) is 0 Å². The second-order valence-electron chi connectivity index (χ2n) is 5.12. The molecule has 3 nitrogen and oxygen atoms in total. The molecule has 0 aromatic carbocycles. The fourth-order valence-corrected chi connectivity index (χ4v) is 2.81. The van der Waals surface area contributed by atoms with Crippen LogP contribution < -0.4 is 0 Å². The summed E-state index contributed by atoms with van der Waals surface area (Å²) in [5.74, 6) is 0.321. The molecule has 0 aromatic rings. The number of halogens is 5. The Kier molecular flexibility index (Phi) is 4.36. The van der Waals surface area contributed by atoms with Gasteiger partial charge in [0.05, 0.1) is 6.10 Å². The monoisotopic (exact) mass is 302 g/mol. The number of hydrogen-bond donors (Lipinski definition) is 1. The number of hydrogen-bond acceptors (Lipinski definition) is 3. The summed E-state index contributed by atoms with van der Waals surface area (Å²) in [7, 11) is 0. The highest BCUT2D eigenvalue weighted by Crippen LogP contribution is 2.45. The Morgan fingerprint density at radius 3 is 2.35 bits per heavy atom. The molecule has 20 heavy (non-hydrogen) atoms. The van der Waals surface area contributed by atoms with E-state index in [4.69, 9.17) is 9.84 Å². The van der Waals surface area contributed by atoms with E-state index in [2.05, 4.69) is 4.74 Å². The molecule has 1 fully saturated rings. The van der Waals surface area contributed by atoms with Gasteiger partial charge in [-0.15, -0.1) is 0 Å². The van der Waals surface area contributed by atoms with Crippen LogP contribution in [-0.4, -0.2) is 36.9 Å². The Bertz CT molecular complexity index is 369. The largest absolute Gasteiger partial charge is 0.477 e. The Hall–Kier alpha value is -0.730. The molecule has 2 aliphatic rings. The van der Waals surface area contributed by atoms with E-state index < -0.39 is 31.8 Å². The van der Waals surface area contributed by atoms with Gasteiger partial charge in [0.1, 0.15) is 6.67 Å². The van der Waals surface area contributed by atoms with Crippen LogP contribution in [0.4, 0.5) is 22.0 Å². The molecule has 2 aliphatic carbocycles. The average molecular weight is 302 g/mol. The van der Waals surface area contributed by atoms with Gasteiger partial charge in [0.25, 0.3) is 0 Å². The lowest BCUT2D eigenvalue weighted by Crippen LogP contribution is -2.44. The quantitative estimate of drug-likeness (QED) is 0.466. The van der Waals surface area contributed by atoms with Crippen LogP contribution in [0.15, 0.2) is 12.2 Å². The standard InChI is InChI=1S/C12H15F5O3/c13-5-10(9-4-7-1-2-8(9)3-7)19-6-20-12(17,18)11(14,15)16/h1-2,7-10,18H,3-6H2. The zero-order valence-electron chi connectivity index (χ0n) is 10.4. The summed E-state index contributed by atoms with van der Waals surface area (Å²) >= 11 is 0. The molecule has 0 amide bonds. The van der Waals surface area contributed by atoms with Crippen molar-refractivity contribution in [1.82, 2.24) is 0 Å². The highest BCUT2D eigenvalue weighted by Gasteiger charge is 2.57. The van der Waals surface area contributed by atoms with Crippen molar-refractivity contribution in [2.24, 2.45) is 17.8 Å². The van der Waals surface area contributed by atoms with Gasteiger partial charge in [-0.2, -0.15) is 17.6 Å². The van der Waals surface area contributed by atoms with E-state index in [0.29, 0.717) is 12.3 Å². The number of alkyl halides is 5. The van der Waals surface area contributed by atoms with Crippen molar-refractivity contribution in [2.75, 3.05) is 13.5 Å². The molecule has 8 heteroatoms. The number of ether oxygens (including phenoxy) is 2. The third kappa shape index (κ3) is 3.12. The van der Waals surface area contributed by atoms with Gasteiger partial charge < -0.3 is 9.84 Å². The summed E-state index contributed by atoms with van der Waals surface area (Å²) in [4.78, 5) is 0. The van der Waals surface area contributed by atoms with Gasteiger partial charge in [0, 0.05) is 0 Å². The maximum absolute atomic E-state index is 12.9. The molecule has 0 aromatic heterocycles. The second-order valence-corrected chi connectivity index (χ2v) is 5.12. The zero-order chi connectivity index (χ0) is 15.0. The molecule has 2 bridgehead atoms. The molecule has 0 aliphatic heterocycles. The number of allylic oxidation sites excluding steroid dienone is 2. The predicted octanol–water partition coefficient (Wildman–Crippen LogP) is 2.71. The lowest BCUT2D eigenvalue weighted by atomic mass is 9.89. The third-order valence-corrected chi connectivity index (χ3v) is 3.84. The van der Waals surface area contributed by atoms with Crippen LogP contribution in [0.1, 0.15) is 12.8 Å². The van der Waals surface area contributed by atoms with Gasteiger partial charge in [-0.1, -0.05) is 12.2 Å². The zero-order valence-corrected chi connectivity index (χ0v) is 10.4. The lowest BCUT2D eigenvalue weighted by molar-refractivity contribution is -0.439. The van der Waals surface area contributed by atoms with Crippen molar-refractivity contribution in [3.05, 3.63) is 12.2 Å². The maximum atomic E-state index is 12.9. The molecule has 1 saturated carbocycles. The van der Waals surface area contributed by atoms with Gasteiger partial charge >= 0.3 is 12.2 Å². The Labute approximate surface area is 112 Å². The Morgan fingerprint density at radius 2 is 1.90 bits per heavy atom. The van der Waals surface area contributed by atoms with Crippen LogP contribution in [0.5, 0.6) is 0 Å². The Morgan fingerprint density at radius 1 is 1.20 bits per heavy atom. The SMILES string of the molecule is OC(F)(OCOC(CF)C1CC2C=CC1C2)C(F)(F)F. The number of aliphatic hydroxyl groups is 1. The molecule has 2 rings (SSSR count). The summed E-state index contributed by atoms with van der Waals surface area (Å²) in [6, 6.07) is -4.79. The third-order valence-electron chi connectivity index (χ3n) is 3.84. The molecule has 0 heterocycles. The van der Waals surface area contributed by atoms with E-state index in [1.54, 1.807) is 0 Å². The van der Waals surface area contributed by atoms with Crippen LogP contribution in [-0.2, 0) is 9.47 Å². The van der Waals surface area contributed by atoms with E-state index >= 15 is 0 Å². The first-order valence-electron chi connectivity index (χ1n) is 6.22. The lowest BCUT2D eigenvalue weighted by Gasteiger charge is -2.28. The topological polar surface area (TPSA) is 38.7 Å². The molecular formula is C12H15F5O3. The maximum Gasteiger partial charge on any atom is 0.477 e. The van der Waals surface area contributed by atoms with Crippen LogP contribution in [0.25, 0.3) is 0 Å². The normalized spacial score (nSPS) is 33.4. The van der Waals surface area contributed by atoms with Crippen molar-refractivity contribution >= 4 is 0 Å². The first kappa shape index (κ1) is 15.7. The second kappa shape index (κ2) is 5.57. The van der Waals surface area contributed by atoms with Gasteiger partial charge in [0.15, 0.2) is 6.79 Å². The average Bonchev–Trinajstić information content (AvgIpc) is 2.95. The van der Waals surface area contributed by atoms with E-state index in [1.807, 2.05) is 12.2 Å². The number of fused-ring (bicyclic) bond motifs is 2. The van der Waals surface area contributed by atoms with Gasteiger partial charge in [0.2, 0.25) is 0 Å². The van der Waals surface area contributed by atoms with Gasteiger partial charge in [-0.3, -0.25) is 4.74 Å². The van der Waals surface area contributed by atoms with Crippen molar-refractivity contribution < 1.29 is 36.5 Å². The molecule has 5 unspecified atom stereocenters. The fraction of sp³-hybridized carbons (Fsp3) is 0.833. The Balaban J connectivity index is 1.82. The summed E-state index contributed by atoms with van der Waals surface area (Å²) in [6.45, 7) is -2.07. The summed E-state index contributed by atoms with van der Waals surface area (Å²) < 4.78 is 70.0. The van der Waals surface area contributed by atoms with Gasteiger partial charge in [-0.05, 0) is 30.6 Å². The smallest absolute Gasteiger partial charge is 0.349 e. The molecular weight excluding hydrogens is 287 g/mol. The van der Waals surface area contributed by atoms with E-state index in [-0.39, 0.29) is 11.8 Å². The van der Waals surface area contributed by atoms with Crippen molar-refractivity contribution in [2.45, 2.75) is 31.2 Å². The van der Waals surface area contributed by atoms with Crippen LogP contribution in [0, 0.1) is 17.8 Å². The van der Waals surface area contributed by atoms with Gasteiger partial charge in [-0.25, -0.2) is 4.39 Å². The highest BCUT2D eigenvalue weighted by molar-refractivity contribution is 5.11. The van der Waals surface area contributed by atoms with E-state index in [0.717, 1.165) is 6.42 Å². The summed E-state index contributed by atoms with van der Waals surface area (Å²) in [5, 5.41) is 8.41. The van der Waals surface area contributed by atoms with Crippen LogP contribution in [0.3, 0.4) is 0 Å². The molecule has 5 atom stereocenters. The number of rotatable bonds is 6. The van der Waals surface area contributed by atoms with Crippen molar-refractivity contribution in [1.29, 1.82) is 0 Å².